The predicted octanol–water partition coefficient (Wildman–Crippen LogP) is 4.45. The summed E-state index contributed by atoms with van der Waals surface area (Å²) in [6.45, 7) is 13.0. The molecule has 0 saturated carbocycles. The van der Waals surface area contributed by atoms with Crippen LogP contribution < -0.4 is 10.1 Å². The molecule has 0 fully saturated rings. The number of nitrogens with one attached hydrogen (secondary N) is 1. The smallest absolute Gasteiger partial charge is 0.137 e. The molecule has 0 saturated heterocycles. The minimum Gasteiger partial charge on any atom is -0.495 e. The van der Waals surface area contributed by atoms with Crippen LogP contribution in [0.25, 0.3) is 0 Å². The molecule has 1 rings (SSSR count). The number of hydrogen-bond donors (Lipinski definition) is 1. The van der Waals surface area contributed by atoms with Gasteiger partial charge in [-0.2, -0.15) is 0 Å². The van der Waals surface area contributed by atoms with Crippen molar-refractivity contribution in [1.29, 1.82) is 0 Å². The third kappa shape index (κ3) is 4.93. The summed E-state index contributed by atoms with van der Waals surface area (Å²) >= 11 is 6.14. The van der Waals surface area contributed by atoms with E-state index in [4.69, 9.17) is 16.3 Å². The maximum absolute atomic E-state index is 6.14. The van der Waals surface area contributed by atoms with Gasteiger partial charge in [-0.05, 0) is 36.0 Å². The first-order valence-corrected chi connectivity index (χ1v) is 7.23. The molecule has 3 heteroatoms. The zero-order valence-corrected chi connectivity index (χ0v) is 13.3. The number of benzene rings is 1. The third-order valence-corrected chi connectivity index (χ3v) is 3.70. The maximum atomic E-state index is 6.14. The summed E-state index contributed by atoms with van der Waals surface area (Å²) in [6.07, 6.45) is 2.84. The Hall–Kier alpha value is -1.41. The lowest BCUT2D eigenvalue weighted by atomic mass is 9.98. The standard InChI is InChI=1S/C17H24ClNO/c1-6-12(2)11-19-14(4)13(3)9-15-7-8-17(20-5)16(18)10-15/h6-8,10,12-13,19H,1,4,9,11H2,2-3,5H3/t12-,13+/m0/s1. The highest BCUT2D eigenvalue weighted by Crippen LogP contribution is 2.26. The van der Waals surface area contributed by atoms with Crippen LogP contribution in [0.4, 0.5) is 0 Å². The van der Waals surface area contributed by atoms with Crippen molar-refractivity contribution in [2.24, 2.45) is 11.8 Å². The average Bonchev–Trinajstić information content (AvgIpc) is 2.44. The highest BCUT2D eigenvalue weighted by Gasteiger charge is 2.10. The largest absolute Gasteiger partial charge is 0.495 e. The Labute approximate surface area is 127 Å². The fourth-order valence-electron chi connectivity index (χ4n) is 1.86. The van der Waals surface area contributed by atoms with Crippen LogP contribution in [-0.2, 0) is 6.42 Å². The van der Waals surface area contributed by atoms with Gasteiger partial charge in [0.25, 0.3) is 0 Å². The van der Waals surface area contributed by atoms with E-state index in [0.29, 0.717) is 22.6 Å². The van der Waals surface area contributed by atoms with E-state index in [1.165, 1.54) is 5.56 Å². The van der Waals surface area contributed by atoms with Gasteiger partial charge in [0.15, 0.2) is 0 Å². The van der Waals surface area contributed by atoms with Gasteiger partial charge in [0.05, 0.1) is 12.1 Å². The summed E-state index contributed by atoms with van der Waals surface area (Å²) in [5.74, 6) is 1.49. The Kier molecular flexibility index (Phi) is 6.66. The molecule has 2 nitrogen and oxygen atoms in total. The van der Waals surface area contributed by atoms with Crippen molar-refractivity contribution in [1.82, 2.24) is 5.32 Å². The monoisotopic (exact) mass is 293 g/mol. The molecule has 1 N–H and O–H groups in total. The second-order valence-corrected chi connectivity index (χ2v) is 5.60. The van der Waals surface area contributed by atoms with Crippen LogP contribution in [0.3, 0.4) is 0 Å². The Morgan fingerprint density at radius 3 is 2.70 bits per heavy atom. The van der Waals surface area contributed by atoms with Crippen molar-refractivity contribution in [3.8, 4) is 5.75 Å². The zero-order chi connectivity index (χ0) is 15.1. The van der Waals surface area contributed by atoms with E-state index in [0.717, 1.165) is 18.7 Å². The molecule has 1 aromatic carbocycles. The van der Waals surface area contributed by atoms with E-state index >= 15 is 0 Å². The number of rotatable bonds is 8. The molecule has 2 atom stereocenters. The molecule has 0 bridgehead atoms. The van der Waals surface area contributed by atoms with E-state index in [1.807, 2.05) is 24.3 Å². The van der Waals surface area contributed by atoms with Crippen molar-refractivity contribution in [3.05, 3.63) is 53.7 Å². The number of methoxy groups -OCH3 is 1. The Bertz CT molecular complexity index is 470. The SMILES string of the molecule is C=C[C@H](C)CNC(=C)[C@H](C)Cc1ccc(OC)c(Cl)c1. The molecule has 0 aliphatic rings. The molecular weight excluding hydrogens is 270 g/mol. The van der Waals surface area contributed by atoms with Gasteiger partial charge in [0.2, 0.25) is 0 Å². The van der Waals surface area contributed by atoms with Crippen molar-refractivity contribution < 1.29 is 4.74 Å². The van der Waals surface area contributed by atoms with E-state index < -0.39 is 0 Å². The Balaban J connectivity index is 2.57. The Morgan fingerprint density at radius 2 is 2.15 bits per heavy atom. The first-order valence-electron chi connectivity index (χ1n) is 6.85. The third-order valence-electron chi connectivity index (χ3n) is 3.41. The number of hydrogen-bond acceptors (Lipinski definition) is 2. The van der Waals surface area contributed by atoms with Crippen molar-refractivity contribution in [2.45, 2.75) is 20.3 Å². The van der Waals surface area contributed by atoms with Crippen molar-refractivity contribution in [3.63, 3.8) is 0 Å². The second kappa shape index (κ2) is 8.01. The lowest BCUT2D eigenvalue weighted by molar-refractivity contribution is 0.415. The molecule has 0 radical (unpaired) electrons. The quantitative estimate of drug-likeness (QED) is 0.715. The molecule has 20 heavy (non-hydrogen) atoms. The summed E-state index contributed by atoms with van der Waals surface area (Å²) in [4.78, 5) is 0. The van der Waals surface area contributed by atoms with Gasteiger partial charge in [-0.15, -0.1) is 6.58 Å². The van der Waals surface area contributed by atoms with Crippen molar-refractivity contribution >= 4 is 11.6 Å². The molecule has 0 aromatic heterocycles. The van der Waals surface area contributed by atoms with Gasteiger partial charge in [-0.1, -0.05) is 44.2 Å². The predicted molar refractivity (Wildman–Crippen MR) is 87.4 cm³/mol. The molecule has 0 aliphatic heterocycles. The first-order chi connectivity index (χ1) is 9.47. The number of ether oxygens (including phenoxy) is 1. The molecule has 110 valence electrons. The maximum Gasteiger partial charge on any atom is 0.137 e. The fraction of sp³-hybridized carbons (Fsp3) is 0.412. The van der Waals surface area contributed by atoms with Gasteiger partial charge in [0.1, 0.15) is 5.75 Å². The minimum atomic E-state index is 0.344. The van der Waals surface area contributed by atoms with Crippen LogP contribution in [0.5, 0.6) is 5.75 Å². The molecular formula is C17H24ClNO. The summed E-state index contributed by atoms with van der Waals surface area (Å²) in [6, 6.07) is 5.90. The number of allylic oxidation sites excluding steroid dienone is 1. The minimum absolute atomic E-state index is 0.344. The normalized spacial score (nSPS) is 13.4. The molecule has 0 amide bonds. The zero-order valence-electron chi connectivity index (χ0n) is 12.6. The molecule has 0 aliphatic carbocycles. The highest BCUT2D eigenvalue weighted by molar-refractivity contribution is 6.32. The first kappa shape index (κ1) is 16.6. The van der Waals surface area contributed by atoms with Crippen LogP contribution in [0.15, 0.2) is 43.1 Å². The summed E-state index contributed by atoms with van der Waals surface area (Å²) in [5.41, 5.74) is 2.23. The molecule has 1 aromatic rings. The van der Waals surface area contributed by atoms with Crippen molar-refractivity contribution in [2.75, 3.05) is 13.7 Å². The van der Waals surface area contributed by atoms with Gasteiger partial charge in [-0.25, -0.2) is 0 Å². The van der Waals surface area contributed by atoms with Gasteiger partial charge >= 0.3 is 0 Å². The highest BCUT2D eigenvalue weighted by atomic mass is 35.5. The molecule has 0 unspecified atom stereocenters. The van der Waals surface area contributed by atoms with Gasteiger partial charge < -0.3 is 10.1 Å². The summed E-state index contributed by atoms with van der Waals surface area (Å²) < 4.78 is 5.16. The summed E-state index contributed by atoms with van der Waals surface area (Å²) in [7, 11) is 1.62. The van der Waals surface area contributed by atoms with E-state index in [-0.39, 0.29) is 0 Å². The lowest BCUT2D eigenvalue weighted by Gasteiger charge is -2.18. The van der Waals surface area contributed by atoms with E-state index in [2.05, 4.69) is 32.3 Å². The van der Waals surface area contributed by atoms with E-state index in [9.17, 15) is 0 Å². The second-order valence-electron chi connectivity index (χ2n) is 5.19. The molecule has 0 heterocycles. The van der Waals surface area contributed by atoms with Crippen LogP contribution in [0, 0.1) is 11.8 Å². The lowest BCUT2D eigenvalue weighted by Crippen LogP contribution is -2.23. The van der Waals surface area contributed by atoms with Crippen LogP contribution in [-0.4, -0.2) is 13.7 Å². The van der Waals surface area contributed by atoms with Crippen LogP contribution in [0.1, 0.15) is 19.4 Å². The summed E-state index contributed by atoms with van der Waals surface area (Å²) in [5, 5.41) is 4.02. The van der Waals surface area contributed by atoms with Crippen LogP contribution >= 0.6 is 11.6 Å². The van der Waals surface area contributed by atoms with Gasteiger partial charge in [0, 0.05) is 12.2 Å². The van der Waals surface area contributed by atoms with E-state index in [1.54, 1.807) is 7.11 Å². The molecule has 0 spiro atoms. The fourth-order valence-corrected chi connectivity index (χ4v) is 2.14. The average molecular weight is 294 g/mol. The Morgan fingerprint density at radius 1 is 1.45 bits per heavy atom. The van der Waals surface area contributed by atoms with Gasteiger partial charge in [-0.3, -0.25) is 0 Å². The topological polar surface area (TPSA) is 21.3 Å². The number of halogens is 1. The van der Waals surface area contributed by atoms with Crippen LogP contribution in [0.2, 0.25) is 5.02 Å².